The predicted octanol–water partition coefficient (Wildman–Crippen LogP) is 1.83. The van der Waals surface area contributed by atoms with Gasteiger partial charge in [0.25, 0.3) is 0 Å². The summed E-state index contributed by atoms with van der Waals surface area (Å²) < 4.78 is 0. The van der Waals surface area contributed by atoms with Crippen molar-refractivity contribution < 1.29 is 0 Å². The van der Waals surface area contributed by atoms with Crippen molar-refractivity contribution in [3.8, 4) is 0 Å². The molecule has 0 bridgehead atoms. The Kier molecular flexibility index (Phi) is 3.16. The van der Waals surface area contributed by atoms with E-state index in [1.165, 1.54) is 0 Å². The van der Waals surface area contributed by atoms with E-state index in [4.69, 9.17) is 0 Å². The molecule has 6 nitrogen and oxygen atoms in total. The van der Waals surface area contributed by atoms with E-state index < -0.39 is 0 Å². The molecule has 0 saturated carbocycles. The van der Waals surface area contributed by atoms with E-state index in [0.717, 1.165) is 49.5 Å². The fourth-order valence-electron chi connectivity index (χ4n) is 4.03. The van der Waals surface area contributed by atoms with Crippen molar-refractivity contribution in [3.63, 3.8) is 0 Å². The number of fused-ring (bicyclic) bond motifs is 3. The van der Waals surface area contributed by atoms with Crippen LogP contribution in [0.5, 0.6) is 0 Å². The van der Waals surface area contributed by atoms with Crippen molar-refractivity contribution in [2.75, 3.05) is 0 Å². The summed E-state index contributed by atoms with van der Waals surface area (Å²) in [6, 6.07) is 24.4. The first kappa shape index (κ1) is 15.2. The van der Waals surface area contributed by atoms with Crippen molar-refractivity contribution in [1.29, 1.82) is 0 Å². The molecule has 0 aliphatic rings. The van der Waals surface area contributed by atoms with Crippen molar-refractivity contribution in [3.05, 3.63) is 72.8 Å². The number of rotatable bonds is 3. The molecule has 3 N–H and O–H groups in total. The molecule has 132 valence electrons. The van der Waals surface area contributed by atoms with Crippen LogP contribution in [0.3, 0.4) is 0 Å². The van der Waals surface area contributed by atoms with Crippen LogP contribution in [0.25, 0.3) is 32.7 Å². The van der Waals surface area contributed by atoms with Crippen LogP contribution in [0.2, 0.25) is 0 Å². The first-order valence-corrected chi connectivity index (χ1v) is 9.19. The second-order valence-electron chi connectivity index (χ2n) is 6.90. The summed E-state index contributed by atoms with van der Waals surface area (Å²) in [5, 5.41) is 26.7. The van der Waals surface area contributed by atoms with Crippen molar-refractivity contribution in [2.45, 2.75) is 0 Å². The molecule has 3 aromatic carbocycles. The fraction of sp³-hybridized carbons (Fsp3) is 0. The molecule has 0 fully saturated rings. The van der Waals surface area contributed by atoms with Crippen LogP contribution in [0.4, 0.5) is 0 Å². The van der Waals surface area contributed by atoms with Crippen LogP contribution in [0.1, 0.15) is 0 Å². The normalized spacial score (nSPS) is 11.6. The van der Waals surface area contributed by atoms with Crippen LogP contribution < -0.4 is 16.8 Å². The largest absolute Gasteiger partial charge is 0.310 e. The van der Waals surface area contributed by atoms with Crippen LogP contribution in [-0.4, -0.2) is 37.3 Å². The lowest BCUT2D eigenvalue weighted by Crippen LogP contribution is -2.54. The predicted molar refractivity (Wildman–Crippen MR) is 113 cm³/mol. The Balaban J connectivity index is 1.69. The van der Waals surface area contributed by atoms with E-state index in [-0.39, 0.29) is 6.71 Å². The second kappa shape index (κ2) is 5.82. The molecule has 0 spiro atoms. The van der Waals surface area contributed by atoms with Crippen molar-refractivity contribution in [2.24, 2.45) is 0 Å². The lowest BCUT2D eigenvalue weighted by molar-refractivity contribution is 1.12. The van der Waals surface area contributed by atoms with Crippen LogP contribution >= 0.6 is 0 Å². The standard InChI is InChI=1S/C21H15BN6/c1-4-10-16-13(7-1)19(26-23-16)22(20-14-8-2-5-11-17(14)24-27-20)21-15-9-3-6-12-18(15)25-28-21/h1-12H,(H,23,26)(H,24,27)(H,25,28). The van der Waals surface area contributed by atoms with Gasteiger partial charge in [0, 0.05) is 32.9 Å². The Morgan fingerprint density at radius 2 is 0.786 bits per heavy atom. The molecule has 6 aromatic rings. The second-order valence-corrected chi connectivity index (χ2v) is 6.90. The lowest BCUT2D eigenvalue weighted by atomic mass is 9.41. The Labute approximate surface area is 160 Å². The minimum Gasteiger partial charge on any atom is -0.290 e. The minimum atomic E-state index is -0.132. The Bertz CT molecular complexity index is 1270. The van der Waals surface area contributed by atoms with Gasteiger partial charge in [0.05, 0.1) is 16.6 Å². The smallest absolute Gasteiger partial charge is 0.290 e. The molecule has 3 heterocycles. The first-order valence-electron chi connectivity index (χ1n) is 9.19. The highest BCUT2D eigenvalue weighted by molar-refractivity contribution is 6.97. The molecule has 0 aliphatic heterocycles. The number of benzene rings is 3. The van der Waals surface area contributed by atoms with E-state index in [1.54, 1.807) is 0 Å². The fourth-order valence-corrected chi connectivity index (χ4v) is 4.03. The molecule has 3 aromatic heterocycles. The summed E-state index contributed by atoms with van der Waals surface area (Å²) in [4.78, 5) is 0. The summed E-state index contributed by atoms with van der Waals surface area (Å²) in [7, 11) is 0. The molecule has 0 aliphatic carbocycles. The number of nitrogens with one attached hydrogen (secondary N) is 3. The number of para-hydroxylation sites is 3. The van der Waals surface area contributed by atoms with Gasteiger partial charge >= 0.3 is 6.71 Å². The number of hydrogen-bond acceptors (Lipinski definition) is 3. The maximum absolute atomic E-state index is 4.53. The Morgan fingerprint density at radius 1 is 0.464 bits per heavy atom. The van der Waals surface area contributed by atoms with Crippen LogP contribution in [0.15, 0.2) is 72.8 Å². The topological polar surface area (TPSA) is 86.0 Å². The van der Waals surface area contributed by atoms with E-state index in [2.05, 4.69) is 48.8 Å². The summed E-state index contributed by atoms with van der Waals surface area (Å²) in [6.07, 6.45) is 0. The number of hydrogen-bond donors (Lipinski definition) is 3. The van der Waals surface area contributed by atoms with E-state index in [0.29, 0.717) is 0 Å². The van der Waals surface area contributed by atoms with Gasteiger partial charge in [-0.15, -0.1) is 0 Å². The monoisotopic (exact) mass is 362 g/mol. The van der Waals surface area contributed by atoms with Crippen molar-refractivity contribution >= 4 is 56.2 Å². The molecule has 0 atom stereocenters. The molecule has 0 radical (unpaired) electrons. The number of nitrogens with zero attached hydrogens (tertiary/aromatic N) is 3. The average molecular weight is 362 g/mol. The van der Waals surface area contributed by atoms with Crippen LogP contribution in [0, 0.1) is 0 Å². The molecular weight excluding hydrogens is 347 g/mol. The quantitative estimate of drug-likeness (QED) is 0.420. The SMILES string of the molecule is c1ccc2c(B(c3[nH]nc4ccccc34)c3[nH]nc4ccccc34)[nH]nc2c1. The molecule has 7 heteroatoms. The van der Waals surface area contributed by atoms with Crippen molar-refractivity contribution in [1.82, 2.24) is 30.6 Å². The highest BCUT2D eigenvalue weighted by Crippen LogP contribution is 2.14. The Morgan fingerprint density at radius 3 is 1.14 bits per heavy atom. The Hall–Kier alpha value is -3.87. The van der Waals surface area contributed by atoms with Gasteiger partial charge in [-0.25, -0.2) is 0 Å². The van der Waals surface area contributed by atoms with Gasteiger partial charge in [0.1, 0.15) is 0 Å². The maximum Gasteiger partial charge on any atom is 0.310 e. The summed E-state index contributed by atoms with van der Waals surface area (Å²) >= 11 is 0. The van der Waals surface area contributed by atoms with E-state index in [9.17, 15) is 0 Å². The lowest BCUT2D eigenvalue weighted by Gasteiger charge is -2.11. The zero-order chi connectivity index (χ0) is 18.5. The molecule has 0 saturated heterocycles. The highest BCUT2D eigenvalue weighted by atomic mass is 15.1. The van der Waals surface area contributed by atoms with Gasteiger partial charge in [-0.05, 0) is 18.2 Å². The summed E-state index contributed by atoms with van der Waals surface area (Å²) in [5.41, 5.74) is 5.86. The van der Waals surface area contributed by atoms with Gasteiger partial charge in [0.15, 0.2) is 0 Å². The van der Waals surface area contributed by atoms with Gasteiger partial charge < -0.3 is 0 Å². The average Bonchev–Trinajstić information content (AvgIpc) is 3.47. The number of aromatic amines is 3. The van der Waals surface area contributed by atoms with E-state index in [1.807, 2.05) is 54.6 Å². The van der Waals surface area contributed by atoms with Gasteiger partial charge in [0.2, 0.25) is 0 Å². The molecule has 0 unspecified atom stereocenters. The summed E-state index contributed by atoms with van der Waals surface area (Å²) in [6.45, 7) is -0.132. The summed E-state index contributed by atoms with van der Waals surface area (Å²) in [5.74, 6) is 0. The molecule has 28 heavy (non-hydrogen) atoms. The highest BCUT2D eigenvalue weighted by Gasteiger charge is 2.32. The zero-order valence-corrected chi connectivity index (χ0v) is 14.8. The number of aromatic nitrogens is 6. The number of H-pyrrole nitrogens is 3. The third-order valence-corrected chi connectivity index (χ3v) is 5.34. The van der Waals surface area contributed by atoms with Gasteiger partial charge in [-0.3, -0.25) is 15.3 Å². The molecule has 0 amide bonds. The first-order chi connectivity index (χ1) is 13.9. The zero-order valence-electron chi connectivity index (χ0n) is 14.8. The maximum atomic E-state index is 4.53. The van der Waals surface area contributed by atoms with E-state index >= 15 is 0 Å². The van der Waals surface area contributed by atoms with Gasteiger partial charge in [-0.2, -0.15) is 15.3 Å². The van der Waals surface area contributed by atoms with Crippen LogP contribution in [-0.2, 0) is 0 Å². The molecular formula is C21H15BN6. The van der Waals surface area contributed by atoms with Gasteiger partial charge in [-0.1, -0.05) is 54.6 Å². The third-order valence-electron chi connectivity index (χ3n) is 5.34. The minimum absolute atomic E-state index is 0.132. The molecule has 6 rings (SSSR count). The third kappa shape index (κ3) is 2.13.